The number of amides is 1. The first-order valence-corrected chi connectivity index (χ1v) is 5.77. The molecule has 0 spiro atoms. The van der Waals surface area contributed by atoms with Crippen molar-refractivity contribution < 1.29 is 13.9 Å². The molecule has 92 valence electrons. The Hall–Kier alpha value is -1.49. The van der Waals surface area contributed by atoms with E-state index in [0.717, 1.165) is 25.9 Å². The van der Waals surface area contributed by atoms with Crippen molar-refractivity contribution in [2.75, 3.05) is 13.2 Å². The lowest BCUT2D eigenvalue weighted by Gasteiger charge is -2.22. The monoisotopic (exact) mass is 238 g/mol. The summed E-state index contributed by atoms with van der Waals surface area (Å²) < 4.78 is 18.7. The fourth-order valence-corrected chi connectivity index (χ4v) is 1.83. The molecule has 0 aromatic carbocycles. The summed E-state index contributed by atoms with van der Waals surface area (Å²) in [6.45, 7) is 1.16. The van der Waals surface area contributed by atoms with Crippen LogP contribution in [0, 0.1) is 5.95 Å². The maximum atomic E-state index is 13.2. The summed E-state index contributed by atoms with van der Waals surface area (Å²) in [5.74, 6) is -1.18. The standard InChI is InChI=1S/C12H15FN2O2/c13-11-10(5-3-6-14-11)12(16)15-8-9-4-1-2-7-17-9/h3,5-6,9H,1-2,4,7-8H2,(H,15,16). The first kappa shape index (κ1) is 12.0. The molecule has 1 atom stereocenters. The van der Waals surface area contributed by atoms with Crippen LogP contribution in [0.15, 0.2) is 18.3 Å². The molecule has 1 unspecified atom stereocenters. The molecule has 1 amide bonds. The Morgan fingerprint density at radius 1 is 1.59 bits per heavy atom. The van der Waals surface area contributed by atoms with Gasteiger partial charge in [-0.2, -0.15) is 4.39 Å². The molecular weight excluding hydrogens is 223 g/mol. The van der Waals surface area contributed by atoms with Crippen LogP contribution in [0.1, 0.15) is 29.6 Å². The molecule has 0 radical (unpaired) electrons. The number of carbonyl (C=O) groups is 1. The van der Waals surface area contributed by atoms with E-state index >= 15 is 0 Å². The van der Waals surface area contributed by atoms with Crippen molar-refractivity contribution in [1.29, 1.82) is 0 Å². The second-order valence-electron chi connectivity index (χ2n) is 4.04. The fraction of sp³-hybridized carbons (Fsp3) is 0.500. The molecule has 5 heteroatoms. The lowest BCUT2D eigenvalue weighted by atomic mass is 10.1. The van der Waals surface area contributed by atoms with E-state index in [1.165, 1.54) is 18.3 Å². The average Bonchev–Trinajstić information content (AvgIpc) is 2.38. The zero-order valence-electron chi connectivity index (χ0n) is 9.49. The van der Waals surface area contributed by atoms with E-state index in [9.17, 15) is 9.18 Å². The van der Waals surface area contributed by atoms with Crippen LogP contribution in [-0.4, -0.2) is 30.1 Å². The van der Waals surface area contributed by atoms with Crippen molar-refractivity contribution in [2.24, 2.45) is 0 Å². The highest BCUT2D eigenvalue weighted by molar-refractivity contribution is 5.94. The molecule has 1 fully saturated rings. The van der Waals surface area contributed by atoms with E-state index in [4.69, 9.17) is 4.74 Å². The van der Waals surface area contributed by atoms with Crippen LogP contribution in [-0.2, 0) is 4.74 Å². The third kappa shape index (κ3) is 3.23. The predicted octanol–water partition coefficient (Wildman–Crippen LogP) is 1.52. The van der Waals surface area contributed by atoms with Crippen LogP contribution in [0.3, 0.4) is 0 Å². The first-order valence-electron chi connectivity index (χ1n) is 5.77. The zero-order valence-corrected chi connectivity index (χ0v) is 9.49. The van der Waals surface area contributed by atoms with E-state index in [1.807, 2.05) is 0 Å². The summed E-state index contributed by atoms with van der Waals surface area (Å²) >= 11 is 0. The second kappa shape index (κ2) is 5.72. The van der Waals surface area contributed by atoms with Gasteiger partial charge < -0.3 is 10.1 Å². The Morgan fingerprint density at radius 2 is 2.47 bits per heavy atom. The second-order valence-corrected chi connectivity index (χ2v) is 4.04. The Bertz CT molecular complexity index is 392. The Kier molecular flexibility index (Phi) is 4.03. The van der Waals surface area contributed by atoms with Gasteiger partial charge in [0.2, 0.25) is 5.95 Å². The minimum Gasteiger partial charge on any atom is -0.376 e. The van der Waals surface area contributed by atoms with Crippen molar-refractivity contribution in [3.8, 4) is 0 Å². The van der Waals surface area contributed by atoms with Crippen molar-refractivity contribution in [3.63, 3.8) is 0 Å². The van der Waals surface area contributed by atoms with Crippen LogP contribution < -0.4 is 5.32 Å². The fourth-order valence-electron chi connectivity index (χ4n) is 1.83. The van der Waals surface area contributed by atoms with E-state index in [0.29, 0.717) is 6.54 Å². The van der Waals surface area contributed by atoms with Crippen molar-refractivity contribution in [2.45, 2.75) is 25.4 Å². The van der Waals surface area contributed by atoms with Crippen molar-refractivity contribution >= 4 is 5.91 Å². The summed E-state index contributed by atoms with van der Waals surface area (Å²) in [5.41, 5.74) is -0.0247. The molecule has 0 saturated carbocycles. The van der Waals surface area contributed by atoms with Crippen LogP contribution in [0.4, 0.5) is 4.39 Å². The molecule has 0 aliphatic carbocycles. The van der Waals surface area contributed by atoms with Gasteiger partial charge in [0.15, 0.2) is 0 Å². The van der Waals surface area contributed by atoms with Crippen LogP contribution in [0.25, 0.3) is 0 Å². The molecule has 2 heterocycles. The van der Waals surface area contributed by atoms with Gasteiger partial charge in [0, 0.05) is 19.3 Å². The molecule has 2 rings (SSSR count). The van der Waals surface area contributed by atoms with Gasteiger partial charge in [-0.1, -0.05) is 0 Å². The number of aromatic nitrogens is 1. The molecule has 1 aromatic heterocycles. The average molecular weight is 238 g/mol. The summed E-state index contributed by atoms with van der Waals surface area (Å²) in [6, 6.07) is 2.95. The Labute approximate surface area is 99.2 Å². The first-order chi connectivity index (χ1) is 8.27. The quantitative estimate of drug-likeness (QED) is 0.812. The van der Waals surface area contributed by atoms with E-state index in [1.54, 1.807) is 0 Å². The van der Waals surface area contributed by atoms with Gasteiger partial charge in [-0.15, -0.1) is 0 Å². The van der Waals surface area contributed by atoms with Gasteiger partial charge >= 0.3 is 0 Å². The number of pyridine rings is 1. The van der Waals surface area contributed by atoms with Crippen molar-refractivity contribution in [1.82, 2.24) is 10.3 Å². The lowest BCUT2D eigenvalue weighted by molar-refractivity contribution is 0.0168. The maximum absolute atomic E-state index is 13.2. The maximum Gasteiger partial charge on any atom is 0.256 e. The largest absolute Gasteiger partial charge is 0.376 e. The topological polar surface area (TPSA) is 51.2 Å². The Morgan fingerprint density at radius 3 is 3.18 bits per heavy atom. The molecule has 1 aliphatic rings. The summed E-state index contributed by atoms with van der Waals surface area (Å²) in [7, 11) is 0. The summed E-state index contributed by atoms with van der Waals surface area (Å²) in [4.78, 5) is 15.1. The number of halogens is 1. The third-order valence-electron chi connectivity index (χ3n) is 2.77. The highest BCUT2D eigenvalue weighted by Gasteiger charge is 2.17. The number of nitrogens with one attached hydrogen (secondary N) is 1. The molecule has 0 bridgehead atoms. The normalized spacial score (nSPS) is 19.9. The number of carbonyl (C=O) groups excluding carboxylic acids is 1. The van der Waals surface area contributed by atoms with Crippen molar-refractivity contribution in [3.05, 3.63) is 29.8 Å². The molecular formula is C12H15FN2O2. The SMILES string of the molecule is O=C(NCC1CCCCO1)c1cccnc1F. The predicted molar refractivity (Wildman–Crippen MR) is 60.1 cm³/mol. The minimum atomic E-state index is -0.741. The summed E-state index contributed by atoms with van der Waals surface area (Å²) in [5, 5.41) is 2.67. The van der Waals surface area contributed by atoms with Gasteiger partial charge in [0.25, 0.3) is 5.91 Å². The number of ether oxygens (including phenoxy) is 1. The van der Waals surface area contributed by atoms with Crippen LogP contribution >= 0.6 is 0 Å². The van der Waals surface area contributed by atoms with E-state index in [-0.39, 0.29) is 11.7 Å². The van der Waals surface area contributed by atoms with E-state index < -0.39 is 11.9 Å². The third-order valence-corrected chi connectivity index (χ3v) is 2.77. The molecule has 1 aliphatic heterocycles. The molecule has 1 saturated heterocycles. The number of rotatable bonds is 3. The van der Waals surface area contributed by atoms with Gasteiger partial charge in [-0.05, 0) is 31.4 Å². The molecule has 4 nitrogen and oxygen atoms in total. The minimum absolute atomic E-state index is 0.0247. The number of hydrogen-bond acceptors (Lipinski definition) is 3. The van der Waals surface area contributed by atoms with Gasteiger partial charge in [0.1, 0.15) is 0 Å². The van der Waals surface area contributed by atoms with Gasteiger partial charge in [-0.3, -0.25) is 4.79 Å². The van der Waals surface area contributed by atoms with Crippen LogP contribution in [0.5, 0.6) is 0 Å². The highest BCUT2D eigenvalue weighted by Crippen LogP contribution is 2.12. The highest BCUT2D eigenvalue weighted by atomic mass is 19.1. The molecule has 1 N–H and O–H groups in total. The molecule has 17 heavy (non-hydrogen) atoms. The smallest absolute Gasteiger partial charge is 0.256 e. The zero-order chi connectivity index (χ0) is 12.1. The summed E-state index contributed by atoms with van der Waals surface area (Å²) in [6.07, 6.45) is 4.49. The number of nitrogens with zero attached hydrogens (tertiary/aromatic N) is 1. The van der Waals surface area contributed by atoms with Gasteiger partial charge in [-0.25, -0.2) is 4.98 Å². The Balaban J connectivity index is 1.87. The lowest BCUT2D eigenvalue weighted by Crippen LogP contribution is -2.35. The molecule has 1 aromatic rings. The number of hydrogen-bond donors (Lipinski definition) is 1. The van der Waals surface area contributed by atoms with Crippen LogP contribution in [0.2, 0.25) is 0 Å². The van der Waals surface area contributed by atoms with E-state index in [2.05, 4.69) is 10.3 Å². The van der Waals surface area contributed by atoms with Gasteiger partial charge in [0.05, 0.1) is 11.7 Å².